The molecule has 0 atom stereocenters. The minimum Gasteiger partial charge on any atom is -0.327 e. The number of hydrogen-bond acceptors (Lipinski definition) is 1. The third kappa shape index (κ3) is 2.54. The Hall–Kier alpha value is -3.91. The number of rotatable bonds is 2. The molecule has 1 heterocycles. The molecule has 0 aliphatic rings. The van der Waals surface area contributed by atoms with E-state index < -0.39 is 0 Å². The van der Waals surface area contributed by atoms with Gasteiger partial charge in [0.25, 0.3) is 0 Å². The van der Waals surface area contributed by atoms with Crippen molar-refractivity contribution in [2.24, 2.45) is 7.05 Å². The van der Waals surface area contributed by atoms with Crippen LogP contribution in [0.1, 0.15) is 0 Å². The smallest absolute Gasteiger partial charge is 0.140 e. The van der Waals surface area contributed by atoms with Gasteiger partial charge in [0.2, 0.25) is 0 Å². The van der Waals surface area contributed by atoms with Crippen LogP contribution in [0.4, 0.5) is 0 Å². The second-order valence-corrected chi connectivity index (χ2v) is 7.75. The van der Waals surface area contributed by atoms with Gasteiger partial charge in [-0.1, -0.05) is 84.9 Å². The highest BCUT2D eigenvalue weighted by Gasteiger charge is 2.13. The van der Waals surface area contributed by atoms with Crippen LogP contribution >= 0.6 is 0 Å². The van der Waals surface area contributed by atoms with Gasteiger partial charge in [-0.15, -0.1) is 0 Å². The van der Waals surface area contributed by atoms with Gasteiger partial charge in [-0.25, -0.2) is 4.98 Å². The molecular weight excluding hydrogens is 364 g/mol. The first-order valence-corrected chi connectivity index (χ1v) is 10.2. The minimum atomic E-state index is 0.992. The summed E-state index contributed by atoms with van der Waals surface area (Å²) in [7, 11) is 2.09. The quantitative estimate of drug-likeness (QED) is 0.288. The van der Waals surface area contributed by atoms with Crippen molar-refractivity contribution in [1.82, 2.24) is 9.55 Å². The van der Waals surface area contributed by atoms with Crippen molar-refractivity contribution in [2.75, 3.05) is 0 Å². The maximum atomic E-state index is 4.97. The molecule has 2 heteroatoms. The molecule has 0 bridgehead atoms. The summed E-state index contributed by atoms with van der Waals surface area (Å²) < 4.78 is 2.17. The minimum absolute atomic E-state index is 0.992. The lowest BCUT2D eigenvalue weighted by Gasteiger charge is -2.11. The average Bonchev–Trinajstić information content (AvgIpc) is 3.15. The second kappa shape index (κ2) is 6.57. The van der Waals surface area contributed by atoms with Gasteiger partial charge >= 0.3 is 0 Å². The molecule has 6 aromatic rings. The van der Waals surface area contributed by atoms with E-state index >= 15 is 0 Å². The summed E-state index contributed by atoms with van der Waals surface area (Å²) in [6, 6.07) is 36.6. The van der Waals surface area contributed by atoms with Crippen LogP contribution in [0.2, 0.25) is 0 Å². The molecule has 0 aliphatic heterocycles. The van der Waals surface area contributed by atoms with Gasteiger partial charge in [0, 0.05) is 12.6 Å². The molecule has 2 nitrogen and oxygen atoms in total. The third-order valence-electron chi connectivity index (χ3n) is 5.99. The number of nitrogens with zero attached hydrogens (tertiary/aromatic N) is 2. The summed E-state index contributed by atoms with van der Waals surface area (Å²) in [5.41, 5.74) is 5.74. The van der Waals surface area contributed by atoms with E-state index in [1.165, 1.54) is 32.7 Å². The van der Waals surface area contributed by atoms with E-state index in [1.54, 1.807) is 0 Å². The highest BCUT2D eigenvalue weighted by molar-refractivity contribution is 6.14. The van der Waals surface area contributed by atoms with Gasteiger partial charge < -0.3 is 4.57 Å². The first-order valence-electron chi connectivity index (χ1n) is 10.2. The SMILES string of the molecule is Cn1c(-c2ccccc2)nc2cc(-c3cc4ccccc4c4ccccc34)ccc21. The van der Waals surface area contributed by atoms with Crippen LogP contribution in [-0.2, 0) is 7.05 Å². The molecule has 6 rings (SSSR count). The van der Waals surface area contributed by atoms with Crippen LogP contribution in [0.25, 0.3) is 55.1 Å². The number of aryl methyl sites for hydroxylation is 1. The zero-order valence-corrected chi connectivity index (χ0v) is 16.7. The Kier molecular flexibility index (Phi) is 3.72. The molecule has 30 heavy (non-hydrogen) atoms. The molecule has 142 valence electrons. The summed E-state index contributed by atoms with van der Waals surface area (Å²) in [5.74, 6) is 0.992. The van der Waals surface area contributed by atoms with Crippen LogP contribution in [-0.4, -0.2) is 9.55 Å². The monoisotopic (exact) mass is 384 g/mol. The van der Waals surface area contributed by atoms with Gasteiger partial charge in [0.05, 0.1) is 11.0 Å². The topological polar surface area (TPSA) is 17.8 Å². The van der Waals surface area contributed by atoms with Crippen LogP contribution < -0.4 is 0 Å². The van der Waals surface area contributed by atoms with E-state index in [0.29, 0.717) is 0 Å². The van der Waals surface area contributed by atoms with Crippen molar-refractivity contribution in [3.05, 3.63) is 103 Å². The van der Waals surface area contributed by atoms with Crippen molar-refractivity contribution in [3.63, 3.8) is 0 Å². The Labute approximate surface area is 175 Å². The molecule has 0 spiro atoms. The fourth-order valence-corrected chi connectivity index (χ4v) is 4.51. The molecule has 0 saturated carbocycles. The van der Waals surface area contributed by atoms with Crippen molar-refractivity contribution >= 4 is 32.6 Å². The molecule has 0 aliphatic carbocycles. The lowest BCUT2D eigenvalue weighted by molar-refractivity contribution is 0.959. The molecular formula is C28H20N2. The number of benzene rings is 5. The fourth-order valence-electron chi connectivity index (χ4n) is 4.51. The summed E-state index contributed by atoms with van der Waals surface area (Å²) in [6.07, 6.45) is 0. The standard InChI is InChI=1S/C28H20N2/c1-30-27-16-15-21(18-26(27)29-28(30)19-9-3-2-4-10-19)25-17-20-11-5-6-12-22(20)23-13-7-8-14-24(23)25/h2-18H,1H3. The highest BCUT2D eigenvalue weighted by Crippen LogP contribution is 2.36. The molecule has 0 radical (unpaired) electrons. The average molecular weight is 384 g/mol. The van der Waals surface area contributed by atoms with Crippen molar-refractivity contribution in [2.45, 2.75) is 0 Å². The lowest BCUT2D eigenvalue weighted by Crippen LogP contribution is -1.91. The first kappa shape index (κ1) is 17.0. The maximum absolute atomic E-state index is 4.97. The van der Waals surface area contributed by atoms with Gasteiger partial charge in [0.15, 0.2) is 0 Å². The summed E-state index contributed by atoms with van der Waals surface area (Å²) in [6.45, 7) is 0. The highest BCUT2D eigenvalue weighted by atomic mass is 15.1. The number of hydrogen-bond donors (Lipinski definition) is 0. The lowest BCUT2D eigenvalue weighted by atomic mass is 9.93. The van der Waals surface area contributed by atoms with Crippen LogP contribution in [0.5, 0.6) is 0 Å². The van der Waals surface area contributed by atoms with E-state index in [1.807, 2.05) is 6.07 Å². The summed E-state index contributed by atoms with van der Waals surface area (Å²) >= 11 is 0. The molecule has 0 fully saturated rings. The molecule has 0 N–H and O–H groups in total. The second-order valence-electron chi connectivity index (χ2n) is 7.75. The normalized spacial score (nSPS) is 11.5. The Morgan fingerprint density at radius 2 is 1.30 bits per heavy atom. The van der Waals surface area contributed by atoms with Crippen LogP contribution in [0.3, 0.4) is 0 Å². The Morgan fingerprint density at radius 1 is 0.600 bits per heavy atom. The third-order valence-corrected chi connectivity index (χ3v) is 5.99. The van der Waals surface area contributed by atoms with Crippen LogP contribution in [0, 0.1) is 0 Å². The van der Waals surface area contributed by atoms with E-state index in [0.717, 1.165) is 22.4 Å². The predicted molar refractivity (Wildman–Crippen MR) is 127 cm³/mol. The Balaban J connectivity index is 1.61. The number of aromatic nitrogens is 2. The zero-order chi connectivity index (χ0) is 20.1. The Bertz CT molecular complexity index is 1540. The van der Waals surface area contributed by atoms with Gasteiger partial charge in [-0.05, 0) is 50.9 Å². The van der Waals surface area contributed by atoms with E-state index in [9.17, 15) is 0 Å². The fraction of sp³-hybridized carbons (Fsp3) is 0.0357. The molecule has 0 unspecified atom stereocenters. The Morgan fingerprint density at radius 3 is 2.13 bits per heavy atom. The molecule has 0 amide bonds. The molecule has 0 saturated heterocycles. The van der Waals surface area contributed by atoms with Gasteiger partial charge in [-0.3, -0.25) is 0 Å². The van der Waals surface area contributed by atoms with Crippen molar-refractivity contribution < 1.29 is 0 Å². The van der Waals surface area contributed by atoms with E-state index in [4.69, 9.17) is 4.98 Å². The number of imidazole rings is 1. The first-order chi connectivity index (χ1) is 14.8. The molecule has 1 aromatic heterocycles. The summed E-state index contributed by atoms with van der Waals surface area (Å²) in [5, 5.41) is 5.12. The van der Waals surface area contributed by atoms with E-state index in [2.05, 4.69) is 109 Å². The predicted octanol–water partition coefficient (Wildman–Crippen LogP) is 7.21. The summed E-state index contributed by atoms with van der Waals surface area (Å²) in [4.78, 5) is 4.97. The van der Waals surface area contributed by atoms with E-state index in [-0.39, 0.29) is 0 Å². The van der Waals surface area contributed by atoms with Gasteiger partial charge in [0.1, 0.15) is 5.82 Å². The van der Waals surface area contributed by atoms with Crippen molar-refractivity contribution in [1.29, 1.82) is 0 Å². The number of fused-ring (bicyclic) bond motifs is 4. The zero-order valence-electron chi connectivity index (χ0n) is 16.7. The largest absolute Gasteiger partial charge is 0.327 e. The molecule has 5 aromatic carbocycles. The van der Waals surface area contributed by atoms with Crippen molar-refractivity contribution in [3.8, 4) is 22.5 Å². The van der Waals surface area contributed by atoms with Gasteiger partial charge in [-0.2, -0.15) is 0 Å². The van der Waals surface area contributed by atoms with Crippen LogP contribution in [0.15, 0.2) is 103 Å². The maximum Gasteiger partial charge on any atom is 0.140 e.